The first-order valence-corrected chi connectivity index (χ1v) is 11.9. The number of carbonyl (C=O) groups is 2. The highest BCUT2D eigenvalue weighted by molar-refractivity contribution is 9.11. The quantitative estimate of drug-likeness (QED) is 0.178. The summed E-state index contributed by atoms with van der Waals surface area (Å²) in [6.07, 6.45) is 0. The molecule has 152 valence electrons. The zero-order chi connectivity index (χ0) is 21.9. The van der Waals surface area contributed by atoms with Crippen LogP contribution < -0.4 is 9.47 Å². The van der Waals surface area contributed by atoms with Crippen molar-refractivity contribution in [1.82, 2.24) is 0 Å². The molecular weight excluding hydrogens is 656 g/mol. The summed E-state index contributed by atoms with van der Waals surface area (Å²) in [5, 5.41) is 0. The number of hydrogen-bond acceptors (Lipinski definition) is 5. The Kier molecular flexibility index (Phi) is 8.78. The third kappa shape index (κ3) is 6.55. The number of hydrogen-bond donors (Lipinski definition) is 0. The molecule has 0 unspecified atom stereocenters. The summed E-state index contributed by atoms with van der Waals surface area (Å²) < 4.78 is 13.5. The lowest BCUT2D eigenvalue weighted by molar-refractivity contribution is -0.130. The van der Waals surface area contributed by atoms with Crippen molar-refractivity contribution < 1.29 is 19.1 Å². The molecule has 0 heterocycles. The Labute approximate surface area is 206 Å². The summed E-state index contributed by atoms with van der Waals surface area (Å²) in [6.45, 7) is 10.3. The van der Waals surface area contributed by atoms with Gasteiger partial charge in [0.1, 0.15) is 11.5 Å². The van der Waals surface area contributed by atoms with Crippen LogP contribution in [0.5, 0.6) is 11.5 Å². The van der Waals surface area contributed by atoms with Gasteiger partial charge in [-0.25, -0.2) is 9.59 Å². The lowest BCUT2D eigenvalue weighted by Crippen LogP contribution is -2.08. The maximum absolute atomic E-state index is 11.7. The fourth-order valence-electron chi connectivity index (χ4n) is 1.88. The van der Waals surface area contributed by atoms with Crippen molar-refractivity contribution in [3.05, 3.63) is 66.5 Å². The van der Waals surface area contributed by atoms with E-state index in [0.29, 0.717) is 22.6 Å². The van der Waals surface area contributed by atoms with Crippen molar-refractivity contribution >= 4 is 87.4 Å². The molecule has 0 saturated heterocycles. The molecule has 0 aliphatic heterocycles. The van der Waals surface area contributed by atoms with E-state index in [2.05, 4.69) is 76.9 Å². The Morgan fingerprint density at radius 1 is 0.724 bits per heavy atom. The Morgan fingerprint density at radius 3 is 1.24 bits per heavy atom. The SMILES string of the molecule is C=C(C)C(=O)Oc1cc(Br)c(Sc2c(Br)cc(OC(=O)C(=C)C)cc2Br)c(Br)c1. The lowest BCUT2D eigenvalue weighted by atomic mass is 10.3. The van der Waals surface area contributed by atoms with Crippen molar-refractivity contribution in [1.29, 1.82) is 0 Å². The third-order valence-electron chi connectivity index (χ3n) is 3.27. The Morgan fingerprint density at radius 2 is 1.00 bits per heavy atom. The van der Waals surface area contributed by atoms with Gasteiger partial charge in [0.15, 0.2) is 0 Å². The minimum absolute atomic E-state index is 0.316. The number of rotatable bonds is 6. The maximum Gasteiger partial charge on any atom is 0.338 e. The minimum atomic E-state index is -0.491. The van der Waals surface area contributed by atoms with E-state index in [0.717, 1.165) is 27.7 Å². The molecule has 2 rings (SSSR count). The van der Waals surface area contributed by atoms with E-state index >= 15 is 0 Å². The first kappa shape index (κ1) is 24.4. The highest BCUT2D eigenvalue weighted by atomic mass is 79.9. The normalized spacial score (nSPS) is 10.4. The first-order chi connectivity index (χ1) is 13.5. The summed E-state index contributed by atoms with van der Waals surface area (Å²) in [4.78, 5) is 25.2. The first-order valence-electron chi connectivity index (χ1n) is 7.91. The van der Waals surface area contributed by atoms with Crippen LogP contribution in [0.25, 0.3) is 0 Å². The fourth-order valence-corrected chi connectivity index (χ4v) is 5.97. The second-order valence-corrected chi connectivity index (χ2v) is 10.3. The molecule has 0 radical (unpaired) electrons. The van der Waals surface area contributed by atoms with Gasteiger partial charge in [0.25, 0.3) is 0 Å². The molecule has 0 N–H and O–H groups in total. The molecule has 0 atom stereocenters. The van der Waals surface area contributed by atoms with Gasteiger partial charge in [0, 0.05) is 38.8 Å². The molecule has 4 nitrogen and oxygen atoms in total. The Bertz CT molecular complexity index is 906. The van der Waals surface area contributed by atoms with Crippen molar-refractivity contribution in [3.63, 3.8) is 0 Å². The molecule has 0 saturated carbocycles. The van der Waals surface area contributed by atoms with E-state index in [4.69, 9.17) is 9.47 Å². The molecule has 0 aliphatic rings. The predicted octanol–water partition coefficient (Wildman–Crippen LogP) is 7.85. The maximum atomic E-state index is 11.7. The van der Waals surface area contributed by atoms with Crippen molar-refractivity contribution in [3.8, 4) is 11.5 Å². The minimum Gasteiger partial charge on any atom is -0.423 e. The van der Waals surface area contributed by atoms with E-state index in [1.807, 2.05) is 0 Å². The van der Waals surface area contributed by atoms with E-state index in [-0.39, 0.29) is 0 Å². The summed E-state index contributed by atoms with van der Waals surface area (Å²) in [7, 11) is 0. The number of carbonyl (C=O) groups excluding carboxylic acids is 2. The van der Waals surface area contributed by atoms with Crippen LogP contribution in [0.4, 0.5) is 0 Å². The van der Waals surface area contributed by atoms with Gasteiger partial charge >= 0.3 is 11.9 Å². The molecule has 9 heteroatoms. The van der Waals surface area contributed by atoms with E-state index in [9.17, 15) is 9.59 Å². The molecule has 0 aromatic heterocycles. The predicted molar refractivity (Wildman–Crippen MR) is 129 cm³/mol. The lowest BCUT2D eigenvalue weighted by Gasteiger charge is -2.14. The van der Waals surface area contributed by atoms with Crippen molar-refractivity contribution in [2.75, 3.05) is 0 Å². The summed E-state index contributed by atoms with van der Waals surface area (Å²) in [6, 6.07) is 6.83. The third-order valence-corrected chi connectivity index (χ3v) is 8.11. The van der Waals surface area contributed by atoms with Crippen LogP contribution in [-0.4, -0.2) is 11.9 Å². The van der Waals surface area contributed by atoms with Crippen molar-refractivity contribution in [2.45, 2.75) is 23.6 Å². The standard InChI is InChI=1S/C20H14Br4O4S/c1-9(2)19(25)27-11-5-13(21)17(14(22)6-11)29-18-15(23)7-12(8-16(18)24)28-20(26)10(3)4/h5-8H,1,3H2,2,4H3. The molecule has 2 aromatic carbocycles. The van der Waals surface area contributed by atoms with Crippen LogP contribution in [0, 0.1) is 0 Å². The van der Waals surface area contributed by atoms with Gasteiger partial charge < -0.3 is 9.47 Å². The van der Waals surface area contributed by atoms with E-state index in [1.165, 1.54) is 11.8 Å². The molecule has 0 bridgehead atoms. The number of ether oxygens (including phenoxy) is 2. The van der Waals surface area contributed by atoms with Crippen LogP contribution in [0.15, 0.2) is 76.3 Å². The van der Waals surface area contributed by atoms with Gasteiger partial charge in [-0.2, -0.15) is 0 Å². The number of benzene rings is 2. The largest absolute Gasteiger partial charge is 0.423 e. The molecular formula is C20H14Br4O4S. The summed E-state index contributed by atoms with van der Waals surface area (Å²) >= 11 is 15.5. The Hall–Kier alpha value is -0.870. The molecule has 2 aromatic rings. The zero-order valence-corrected chi connectivity index (χ0v) is 22.4. The average molecular weight is 670 g/mol. The van der Waals surface area contributed by atoms with Crippen LogP contribution in [0.1, 0.15) is 13.8 Å². The van der Waals surface area contributed by atoms with Crippen LogP contribution in [0.2, 0.25) is 0 Å². The Balaban J connectivity index is 2.32. The fraction of sp³-hybridized carbons (Fsp3) is 0.100. The average Bonchev–Trinajstić information content (AvgIpc) is 2.59. The van der Waals surface area contributed by atoms with Crippen LogP contribution in [0.3, 0.4) is 0 Å². The summed E-state index contributed by atoms with van der Waals surface area (Å²) in [5.74, 6) is -0.202. The second kappa shape index (κ2) is 10.4. The van der Waals surface area contributed by atoms with Crippen LogP contribution >= 0.6 is 75.5 Å². The molecule has 0 aliphatic carbocycles. The van der Waals surface area contributed by atoms with E-state index in [1.54, 1.807) is 38.1 Å². The van der Waals surface area contributed by atoms with Gasteiger partial charge in [-0.1, -0.05) is 24.9 Å². The second-order valence-electron chi connectivity index (χ2n) is 5.87. The monoisotopic (exact) mass is 666 g/mol. The van der Waals surface area contributed by atoms with Gasteiger partial charge in [0.2, 0.25) is 0 Å². The van der Waals surface area contributed by atoms with Crippen LogP contribution in [-0.2, 0) is 9.59 Å². The van der Waals surface area contributed by atoms with Gasteiger partial charge in [0.05, 0.1) is 0 Å². The molecule has 0 amide bonds. The number of esters is 2. The highest BCUT2D eigenvalue weighted by Crippen LogP contribution is 2.47. The topological polar surface area (TPSA) is 52.6 Å². The highest BCUT2D eigenvalue weighted by Gasteiger charge is 2.17. The molecule has 29 heavy (non-hydrogen) atoms. The molecule has 0 fully saturated rings. The van der Waals surface area contributed by atoms with E-state index < -0.39 is 11.9 Å². The zero-order valence-electron chi connectivity index (χ0n) is 15.3. The smallest absolute Gasteiger partial charge is 0.338 e. The number of halogens is 4. The summed E-state index contributed by atoms with van der Waals surface area (Å²) in [5.41, 5.74) is 0.631. The molecule has 0 spiro atoms. The van der Waals surface area contributed by atoms with Crippen molar-refractivity contribution in [2.24, 2.45) is 0 Å². The van der Waals surface area contributed by atoms with Gasteiger partial charge in [-0.15, -0.1) is 0 Å². The van der Waals surface area contributed by atoms with Gasteiger partial charge in [-0.05, 0) is 102 Å². The van der Waals surface area contributed by atoms with Gasteiger partial charge in [-0.3, -0.25) is 0 Å².